The number of halogens is 1. The molecule has 2 N–H and O–H groups in total. The van der Waals surface area contributed by atoms with E-state index >= 15 is 0 Å². The normalized spacial score (nSPS) is 19.5. The number of rotatable bonds is 2. The fraction of sp³-hybridized carbons (Fsp3) is 0.286. The quantitative estimate of drug-likeness (QED) is 0.892. The van der Waals surface area contributed by atoms with Crippen molar-refractivity contribution in [3.8, 4) is 0 Å². The standard InChI is InChI=1S/C14H14ClN3O2/c1-18-12(19)6-9(17-14(18)20)5-8-7-16-13-10(8)3-2-4-11(13)15/h2-4,7,9,16H,5-6H2,1H3,(H,17,20). The molecule has 0 saturated carbocycles. The van der Waals surface area contributed by atoms with Crippen LogP contribution in [-0.2, 0) is 11.2 Å². The number of benzene rings is 1. The molecule has 1 saturated heterocycles. The predicted octanol–water partition coefficient (Wildman–Crippen LogP) is 2.30. The molecule has 0 bridgehead atoms. The number of nitrogens with zero attached hydrogens (tertiary/aromatic N) is 1. The Kier molecular flexibility index (Phi) is 3.14. The lowest BCUT2D eigenvalue weighted by atomic mass is 10.0. The van der Waals surface area contributed by atoms with E-state index < -0.39 is 0 Å². The Labute approximate surface area is 120 Å². The van der Waals surface area contributed by atoms with Gasteiger partial charge in [-0.1, -0.05) is 23.7 Å². The Balaban J connectivity index is 1.85. The highest BCUT2D eigenvalue weighted by Crippen LogP contribution is 2.26. The van der Waals surface area contributed by atoms with Crippen molar-refractivity contribution in [2.75, 3.05) is 7.05 Å². The van der Waals surface area contributed by atoms with E-state index in [1.165, 1.54) is 7.05 Å². The van der Waals surface area contributed by atoms with Crippen LogP contribution in [0.2, 0.25) is 5.02 Å². The first-order valence-electron chi connectivity index (χ1n) is 6.38. The Bertz CT molecular complexity index is 677. The second-order valence-electron chi connectivity index (χ2n) is 4.98. The molecule has 1 unspecified atom stereocenters. The van der Waals surface area contributed by atoms with Gasteiger partial charge in [0, 0.05) is 31.1 Å². The summed E-state index contributed by atoms with van der Waals surface area (Å²) in [6, 6.07) is 5.17. The van der Waals surface area contributed by atoms with Crippen molar-refractivity contribution in [2.45, 2.75) is 18.9 Å². The molecule has 1 fully saturated rings. The van der Waals surface area contributed by atoms with Crippen molar-refractivity contribution in [2.24, 2.45) is 0 Å². The molecule has 1 aliphatic rings. The maximum atomic E-state index is 11.7. The summed E-state index contributed by atoms with van der Waals surface area (Å²) in [6.45, 7) is 0. The highest BCUT2D eigenvalue weighted by molar-refractivity contribution is 6.35. The van der Waals surface area contributed by atoms with Crippen molar-refractivity contribution in [3.63, 3.8) is 0 Å². The average Bonchev–Trinajstić information content (AvgIpc) is 2.81. The van der Waals surface area contributed by atoms with Gasteiger partial charge in [0.2, 0.25) is 5.91 Å². The summed E-state index contributed by atoms with van der Waals surface area (Å²) < 4.78 is 0. The van der Waals surface area contributed by atoms with Gasteiger partial charge in [-0.05, 0) is 18.1 Å². The molecular weight excluding hydrogens is 278 g/mol. The lowest BCUT2D eigenvalue weighted by Crippen LogP contribution is -2.53. The molecule has 0 aliphatic carbocycles. The molecule has 20 heavy (non-hydrogen) atoms. The van der Waals surface area contributed by atoms with E-state index in [0.717, 1.165) is 21.4 Å². The monoisotopic (exact) mass is 291 g/mol. The van der Waals surface area contributed by atoms with Gasteiger partial charge in [-0.15, -0.1) is 0 Å². The number of imide groups is 1. The number of fused-ring (bicyclic) bond motifs is 1. The minimum atomic E-state index is -0.343. The number of carbonyl (C=O) groups excluding carboxylic acids is 2. The van der Waals surface area contributed by atoms with Crippen molar-refractivity contribution in [3.05, 3.63) is 35.0 Å². The molecule has 1 aliphatic heterocycles. The predicted molar refractivity (Wildman–Crippen MR) is 76.7 cm³/mol. The molecule has 1 aromatic heterocycles. The summed E-state index contributed by atoms with van der Waals surface area (Å²) in [5, 5.41) is 4.52. The number of hydrogen-bond donors (Lipinski definition) is 2. The van der Waals surface area contributed by atoms with E-state index in [2.05, 4.69) is 10.3 Å². The molecule has 2 aromatic rings. The molecule has 1 aromatic carbocycles. The lowest BCUT2D eigenvalue weighted by molar-refractivity contribution is -0.129. The minimum absolute atomic E-state index is 0.156. The SMILES string of the molecule is CN1C(=O)CC(Cc2c[nH]c3c(Cl)cccc23)NC1=O. The van der Waals surface area contributed by atoms with Crippen molar-refractivity contribution in [1.82, 2.24) is 15.2 Å². The third kappa shape index (κ3) is 2.14. The number of nitrogens with one attached hydrogen (secondary N) is 2. The lowest BCUT2D eigenvalue weighted by Gasteiger charge is -2.28. The number of aromatic amines is 1. The molecule has 3 amide bonds. The Morgan fingerprint density at radius 2 is 2.20 bits per heavy atom. The van der Waals surface area contributed by atoms with Crippen LogP contribution in [0.5, 0.6) is 0 Å². The van der Waals surface area contributed by atoms with E-state index in [9.17, 15) is 9.59 Å². The van der Waals surface area contributed by atoms with Crippen LogP contribution in [0.3, 0.4) is 0 Å². The highest BCUT2D eigenvalue weighted by atomic mass is 35.5. The van der Waals surface area contributed by atoms with Crippen LogP contribution in [-0.4, -0.2) is 34.9 Å². The second-order valence-corrected chi connectivity index (χ2v) is 5.39. The number of para-hydroxylation sites is 1. The number of amides is 3. The number of hydrogen-bond acceptors (Lipinski definition) is 2. The van der Waals surface area contributed by atoms with Crippen molar-refractivity contribution in [1.29, 1.82) is 0 Å². The molecule has 0 radical (unpaired) electrons. The third-order valence-corrected chi connectivity index (χ3v) is 3.96. The zero-order chi connectivity index (χ0) is 14.3. The summed E-state index contributed by atoms with van der Waals surface area (Å²) >= 11 is 6.12. The van der Waals surface area contributed by atoms with Crippen LogP contribution in [0, 0.1) is 0 Å². The Morgan fingerprint density at radius 1 is 1.40 bits per heavy atom. The summed E-state index contributed by atoms with van der Waals surface area (Å²) in [4.78, 5) is 27.6. The smallest absolute Gasteiger partial charge is 0.324 e. The van der Waals surface area contributed by atoms with Gasteiger partial charge >= 0.3 is 6.03 Å². The molecule has 5 nitrogen and oxygen atoms in total. The zero-order valence-electron chi connectivity index (χ0n) is 10.9. The topological polar surface area (TPSA) is 65.2 Å². The Morgan fingerprint density at radius 3 is 2.95 bits per heavy atom. The maximum Gasteiger partial charge on any atom is 0.324 e. The van der Waals surface area contributed by atoms with Gasteiger partial charge < -0.3 is 10.3 Å². The second kappa shape index (κ2) is 4.83. The molecule has 104 valence electrons. The third-order valence-electron chi connectivity index (χ3n) is 3.64. The molecule has 3 rings (SSSR count). The van der Waals surface area contributed by atoms with Crippen LogP contribution < -0.4 is 5.32 Å². The largest absolute Gasteiger partial charge is 0.360 e. The van der Waals surface area contributed by atoms with E-state index in [1.54, 1.807) is 0 Å². The number of H-pyrrole nitrogens is 1. The van der Waals surface area contributed by atoms with Gasteiger partial charge in [0.15, 0.2) is 0 Å². The molecule has 0 spiro atoms. The van der Waals surface area contributed by atoms with Crippen LogP contribution in [0.15, 0.2) is 24.4 Å². The molecule has 6 heteroatoms. The first kappa shape index (κ1) is 13.0. The summed E-state index contributed by atoms with van der Waals surface area (Å²) in [6.07, 6.45) is 2.80. The fourth-order valence-electron chi connectivity index (χ4n) is 2.52. The van der Waals surface area contributed by atoms with Crippen LogP contribution >= 0.6 is 11.6 Å². The summed E-state index contributed by atoms with van der Waals surface area (Å²) in [5.74, 6) is -0.156. The van der Waals surface area contributed by atoms with Gasteiger partial charge in [0.1, 0.15) is 0 Å². The van der Waals surface area contributed by atoms with Crippen LogP contribution in [0.25, 0.3) is 10.9 Å². The number of carbonyl (C=O) groups is 2. The maximum absolute atomic E-state index is 11.7. The molecule has 1 atom stereocenters. The van der Waals surface area contributed by atoms with Crippen molar-refractivity contribution >= 4 is 34.4 Å². The van der Waals surface area contributed by atoms with Gasteiger partial charge in [-0.25, -0.2) is 4.79 Å². The number of aromatic nitrogens is 1. The van der Waals surface area contributed by atoms with E-state index in [1.807, 2.05) is 24.4 Å². The first-order chi connectivity index (χ1) is 9.56. The van der Waals surface area contributed by atoms with E-state index in [0.29, 0.717) is 17.9 Å². The van der Waals surface area contributed by atoms with E-state index in [-0.39, 0.29) is 18.0 Å². The van der Waals surface area contributed by atoms with Crippen LogP contribution in [0.4, 0.5) is 4.79 Å². The summed E-state index contributed by atoms with van der Waals surface area (Å²) in [5.41, 5.74) is 1.93. The highest BCUT2D eigenvalue weighted by Gasteiger charge is 2.29. The van der Waals surface area contributed by atoms with Gasteiger partial charge in [0.05, 0.1) is 10.5 Å². The Hall–Kier alpha value is -2.01. The number of urea groups is 1. The fourth-order valence-corrected chi connectivity index (χ4v) is 2.75. The molecular formula is C14H14ClN3O2. The first-order valence-corrected chi connectivity index (χ1v) is 6.75. The zero-order valence-corrected chi connectivity index (χ0v) is 11.7. The molecule has 2 heterocycles. The summed E-state index contributed by atoms with van der Waals surface area (Å²) in [7, 11) is 1.49. The van der Waals surface area contributed by atoms with Gasteiger partial charge in [-0.2, -0.15) is 0 Å². The van der Waals surface area contributed by atoms with E-state index in [4.69, 9.17) is 11.6 Å². The van der Waals surface area contributed by atoms with Gasteiger partial charge in [0.25, 0.3) is 0 Å². The van der Waals surface area contributed by atoms with Crippen LogP contribution in [0.1, 0.15) is 12.0 Å². The van der Waals surface area contributed by atoms with Gasteiger partial charge in [-0.3, -0.25) is 9.69 Å². The average molecular weight is 292 g/mol. The van der Waals surface area contributed by atoms with Crippen molar-refractivity contribution < 1.29 is 9.59 Å². The minimum Gasteiger partial charge on any atom is -0.360 e.